The molecule has 0 amide bonds. The number of fused-ring (bicyclic) bond motifs is 2. The molecule has 0 radical (unpaired) electrons. The van der Waals surface area contributed by atoms with Crippen molar-refractivity contribution in [2.75, 3.05) is 13.2 Å². The summed E-state index contributed by atoms with van der Waals surface area (Å²) in [4.78, 5) is 0. The van der Waals surface area contributed by atoms with Gasteiger partial charge in [-0.05, 0) is 38.5 Å². The molecular weight excluding hydrogens is 176 g/mol. The second-order valence-electron chi connectivity index (χ2n) is 5.92. The highest BCUT2D eigenvalue weighted by molar-refractivity contribution is 5.11. The molecule has 4 aliphatic rings. The molecule has 2 heterocycles. The molecule has 2 atom stereocenters. The summed E-state index contributed by atoms with van der Waals surface area (Å²) in [5, 5.41) is 0. The van der Waals surface area contributed by atoms with Gasteiger partial charge in [0.25, 0.3) is 0 Å². The van der Waals surface area contributed by atoms with Gasteiger partial charge in [0.1, 0.15) is 0 Å². The summed E-state index contributed by atoms with van der Waals surface area (Å²) in [7, 11) is 0. The van der Waals surface area contributed by atoms with Crippen molar-refractivity contribution in [3.05, 3.63) is 0 Å². The standard InChI is InChI=1S/C12H18O2/c1-3-11-4-2-10-6-12(11,8-13-7-11)5-9(1)14-10/h9-10H,1-8H2. The first-order valence-corrected chi connectivity index (χ1v) is 6.05. The highest BCUT2D eigenvalue weighted by Gasteiger charge is 2.63. The molecule has 2 saturated heterocycles. The Morgan fingerprint density at radius 3 is 2.21 bits per heavy atom. The Kier molecular flexibility index (Phi) is 1.37. The van der Waals surface area contributed by atoms with Crippen LogP contribution in [-0.4, -0.2) is 25.4 Å². The topological polar surface area (TPSA) is 18.5 Å². The molecule has 2 saturated carbocycles. The maximum Gasteiger partial charge on any atom is 0.0585 e. The van der Waals surface area contributed by atoms with E-state index in [0.29, 0.717) is 23.0 Å². The summed E-state index contributed by atoms with van der Waals surface area (Å²) >= 11 is 0. The van der Waals surface area contributed by atoms with E-state index in [1.54, 1.807) is 0 Å². The van der Waals surface area contributed by atoms with Gasteiger partial charge in [0.15, 0.2) is 0 Å². The van der Waals surface area contributed by atoms with Crippen molar-refractivity contribution < 1.29 is 9.47 Å². The van der Waals surface area contributed by atoms with Gasteiger partial charge in [-0.15, -0.1) is 0 Å². The van der Waals surface area contributed by atoms with E-state index >= 15 is 0 Å². The third kappa shape index (κ3) is 0.772. The molecule has 0 aromatic carbocycles. The molecule has 2 nitrogen and oxygen atoms in total. The third-order valence-corrected chi connectivity index (χ3v) is 5.39. The molecule has 2 unspecified atom stereocenters. The van der Waals surface area contributed by atoms with E-state index in [2.05, 4.69) is 0 Å². The van der Waals surface area contributed by atoms with Crippen LogP contribution in [0.5, 0.6) is 0 Å². The zero-order valence-corrected chi connectivity index (χ0v) is 8.63. The molecule has 0 N–H and O–H groups in total. The van der Waals surface area contributed by atoms with Crippen LogP contribution in [0.1, 0.15) is 38.5 Å². The Bertz CT molecular complexity index is 257. The molecule has 2 aliphatic carbocycles. The van der Waals surface area contributed by atoms with Crippen molar-refractivity contribution >= 4 is 0 Å². The normalized spacial score (nSPS) is 60.0. The Morgan fingerprint density at radius 2 is 1.50 bits per heavy atom. The zero-order chi connectivity index (χ0) is 9.23. The Balaban J connectivity index is 1.83. The monoisotopic (exact) mass is 194 g/mol. The number of rotatable bonds is 0. The highest BCUT2D eigenvalue weighted by Crippen LogP contribution is 2.65. The van der Waals surface area contributed by atoms with Crippen molar-refractivity contribution in [3.8, 4) is 0 Å². The van der Waals surface area contributed by atoms with Gasteiger partial charge < -0.3 is 9.47 Å². The van der Waals surface area contributed by atoms with Crippen LogP contribution in [0.3, 0.4) is 0 Å². The maximum atomic E-state index is 6.09. The van der Waals surface area contributed by atoms with Gasteiger partial charge >= 0.3 is 0 Å². The van der Waals surface area contributed by atoms with Crippen LogP contribution in [0.15, 0.2) is 0 Å². The van der Waals surface area contributed by atoms with Crippen LogP contribution in [0.2, 0.25) is 0 Å². The SMILES string of the molecule is C1CC23CCC4CC2(COC3)CC1O4. The third-order valence-electron chi connectivity index (χ3n) is 5.39. The first kappa shape index (κ1) is 8.12. The molecule has 0 aromatic heterocycles. The van der Waals surface area contributed by atoms with Gasteiger partial charge in [-0.2, -0.15) is 0 Å². The lowest BCUT2D eigenvalue weighted by Crippen LogP contribution is -2.57. The predicted octanol–water partition coefficient (Wildman–Crippen LogP) is 2.12. The molecule has 2 aliphatic heterocycles. The van der Waals surface area contributed by atoms with Crippen LogP contribution in [-0.2, 0) is 9.47 Å². The smallest absolute Gasteiger partial charge is 0.0585 e. The van der Waals surface area contributed by atoms with Crippen molar-refractivity contribution in [1.82, 2.24) is 0 Å². The molecule has 78 valence electrons. The van der Waals surface area contributed by atoms with Crippen molar-refractivity contribution in [1.29, 1.82) is 0 Å². The van der Waals surface area contributed by atoms with Gasteiger partial charge in [-0.3, -0.25) is 0 Å². The van der Waals surface area contributed by atoms with Gasteiger partial charge in [-0.25, -0.2) is 0 Å². The average molecular weight is 194 g/mol. The second-order valence-corrected chi connectivity index (χ2v) is 5.92. The van der Waals surface area contributed by atoms with Gasteiger partial charge in [-0.1, -0.05) is 0 Å². The van der Waals surface area contributed by atoms with Gasteiger partial charge in [0.2, 0.25) is 0 Å². The lowest BCUT2D eigenvalue weighted by molar-refractivity contribution is -0.198. The summed E-state index contributed by atoms with van der Waals surface area (Å²) in [5.41, 5.74) is 1.11. The van der Waals surface area contributed by atoms with E-state index < -0.39 is 0 Å². The molecule has 14 heavy (non-hydrogen) atoms. The summed E-state index contributed by atoms with van der Waals surface area (Å²) in [6.45, 7) is 2.08. The Labute approximate surface area is 85.0 Å². The number of hydrogen-bond acceptors (Lipinski definition) is 2. The fourth-order valence-corrected chi connectivity index (χ4v) is 4.64. The summed E-state index contributed by atoms with van der Waals surface area (Å²) in [6, 6.07) is 0. The van der Waals surface area contributed by atoms with Crippen molar-refractivity contribution in [2.45, 2.75) is 50.7 Å². The fourth-order valence-electron chi connectivity index (χ4n) is 4.64. The number of hydrogen-bond donors (Lipinski definition) is 0. The minimum Gasteiger partial charge on any atom is -0.380 e. The minimum absolute atomic E-state index is 0.539. The number of ether oxygens (including phenoxy) is 2. The van der Waals surface area contributed by atoms with Crippen molar-refractivity contribution in [2.24, 2.45) is 10.8 Å². The molecule has 2 heteroatoms. The quantitative estimate of drug-likeness (QED) is 0.588. The summed E-state index contributed by atoms with van der Waals surface area (Å²) < 4.78 is 11.9. The lowest BCUT2D eigenvalue weighted by atomic mass is 9.49. The van der Waals surface area contributed by atoms with Gasteiger partial charge in [0.05, 0.1) is 25.4 Å². The lowest BCUT2D eigenvalue weighted by Gasteiger charge is -2.59. The van der Waals surface area contributed by atoms with E-state index in [-0.39, 0.29) is 0 Å². The van der Waals surface area contributed by atoms with E-state index in [9.17, 15) is 0 Å². The van der Waals surface area contributed by atoms with E-state index in [4.69, 9.17) is 9.47 Å². The minimum atomic E-state index is 0.539. The molecule has 3 bridgehead atoms. The Morgan fingerprint density at radius 1 is 0.857 bits per heavy atom. The average Bonchev–Trinajstić information content (AvgIpc) is 2.52. The highest BCUT2D eigenvalue weighted by atomic mass is 16.5. The molecule has 0 aromatic rings. The first-order valence-electron chi connectivity index (χ1n) is 6.05. The maximum absolute atomic E-state index is 6.09. The summed E-state index contributed by atoms with van der Waals surface area (Å²) in [5.74, 6) is 0. The molecule has 1 spiro atoms. The Hall–Kier alpha value is -0.0800. The zero-order valence-electron chi connectivity index (χ0n) is 8.63. The second kappa shape index (κ2) is 2.35. The first-order chi connectivity index (χ1) is 6.82. The van der Waals surface area contributed by atoms with Gasteiger partial charge in [0, 0.05) is 10.8 Å². The van der Waals surface area contributed by atoms with Crippen LogP contribution < -0.4 is 0 Å². The van der Waals surface area contributed by atoms with Crippen LogP contribution in [0.25, 0.3) is 0 Å². The van der Waals surface area contributed by atoms with Crippen LogP contribution in [0, 0.1) is 10.8 Å². The molecule has 4 fully saturated rings. The van der Waals surface area contributed by atoms with E-state index in [1.165, 1.54) is 38.5 Å². The van der Waals surface area contributed by atoms with Crippen molar-refractivity contribution in [3.63, 3.8) is 0 Å². The molecule has 4 rings (SSSR count). The molecular formula is C12H18O2. The van der Waals surface area contributed by atoms with Crippen LogP contribution in [0.4, 0.5) is 0 Å². The van der Waals surface area contributed by atoms with E-state index in [1.807, 2.05) is 0 Å². The fraction of sp³-hybridized carbons (Fsp3) is 1.00. The summed E-state index contributed by atoms with van der Waals surface area (Å²) in [6.07, 6.45) is 9.05. The van der Waals surface area contributed by atoms with E-state index in [0.717, 1.165) is 13.2 Å². The predicted molar refractivity (Wildman–Crippen MR) is 52.0 cm³/mol. The van der Waals surface area contributed by atoms with Crippen LogP contribution >= 0.6 is 0 Å². The largest absolute Gasteiger partial charge is 0.380 e.